The van der Waals surface area contributed by atoms with Crippen molar-refractivity contribution in [3.8, 4) is 0 Å². The molecule has 0 radical (unpaired) electrons. The first kappa shape index (κ1) is 21.3. The van der Waals surface area contributed by atoms with Crippen molar-refractivity contribution in [3.05, 3.63) is 41.3 Å². The SMILES string of the molecule is O=C(Cc1ccc(S(=O)(=O)N2CCCC2)s1)Nc1ccc(NC2CCCCC2)cc1. The van der Waals surface area contributed by atoms with Crippen LogP contribution in [-0.2, 0) is 21.2 Å². The summed E-state index contributed by atoms with van der Waals surface area (Å²) in [5.74, 6) is -0.144. The number of sulfonamides is 1. The fourth-order valence-electron chi connectivity index (χ4n) is 4.14. The molecule has 0 bridgehead atoms. The number of carbonyl (C=O) groups is 1. The van der Waals surface area contributed by atoms with Gasteiger partial charge in [-0.15, -0.1) is 11.3 Å². The van der Waals surface area contributed by atoms with Gasteiger partial charge in [0.05, 0.1) is 6.42 Å². The fraction of sp³-hybridized carbons (Fsp3) is 0.500. The molecule has 0 atom stereocenters. The molecule has 0 spiro atoms. The molecule has 1 saturated carbocycles. The number of hydrogen-bond donors (Lipinski definition) is 2. The van der Waals surface area contributed by atoms with Crippen molar-refractivity contribution in [3.63, 3.8) is 0 Å². The van der Waals surface area contributed by atoms with Crippen LogP contribution in [0.4, 0.5) is 11.4 Å². The molecule has 162 valence electrons. The van der Waals surface area contributed by atoms with E-state index in [9.17, 15) is 13.2 Å². The van der Waals surface area contributed by atoms with E-state index in [0.29, 0.717) is 23.3 Å². The second kappa shape index (κ2) is 9.49. The molecule has 6 nitrogen and oxygen atoms in total. The van der Waals surface area contributed by atoms with Gasteiger partial charge in [-0.05, 0) is 62.1 Å². The molecule has 2 aromatic rings. The van der Waals surface area contributed by atoms with Gasteiger partial charge in [0, 0.05) is 35.4 Å². The second-order valence-electron chi connectivity index (χ2n) is 8.11. The molecule has 8 heteroatoms. The van der Waals surface area contributed by atoms with Crippen LogP contribution in [0.25, 0.3) is 0 Å². The number of nitrogens with one attached hydrogen (secondary N) is 2. The van der Waals surface area contributed by atoms with Crippen LogP contribution in [0.2, 0.25) is 0 Å². The molecule has 2 fully saturated rings. The summed E-state index contributed by atoms with van der Waals surface area (Å²) >= 11 is 1.19. The maximum Gasteiger partial charge on any atom is 0.252 e. The Kier molecular flexibility index (Phi) is 6.75. The predicted molar refractivity (Wildman–Crippen MR) is 122 cm³/mol. The second-order valence-corrected chi connectivity index (χ2v) is 11.4. The molecule has 2 heterocycles. The molecule has 1 saturated heterocycles. The van der Waals surface area contributed by atoms with Crippen molar-refractivity contribution in [1.29, 1.82) is 0 Å². The van der Waals surface area contributed by atoms with Gasteiger partial charge in [-0.3, -0.25) is 4.79 Å². The Labute approximate surface area is 182 Å². The van der Waals surface area contributed by atoms with Crippen LogP contribution >= 0.6 is 11.3 Å². The number of rotatable bonds is 7. The van der Waals surface area contributed by atoms with E-state index in [1.165, 1.54) is 47.7 Å². The van der Waals surface area contributed by atoms with Gasteiger partial charge in [0.15, 0.2) is 0 Å². The highest BCUT2D eigenvalue weighted by atomic mass is 32.2. The molecule has 30 heavy (non-hydrogen) atoms. The van der Waals surface area contributed by atoms with Crippen LogP contribution in [0.15, 0.2) is 40.6 Å². The minimum atomic E-state index is -3.42. The van der Waals surface area contributed by atoms with Crippen molar-refractivity contribution >= 4 is 38.6 Å². The highest BCUT2D eigenvalue weighted by molar-refractivity contribution is 7.91. The molecule has 1 aromatic heterocycles. The lowest BCUT2D eigenvalue weighted by Crippen LogP contribution is -2.27. The summed E-state index contributed by atoms with van der Waals surface area (Å²) in [4.78, 5) is 13.2. The van der Waals surface area contributed by atoms with Crippen LogP contribution in [0.3, 0.4) is 0 Å². The summed E-state index contributed by atoms with van der Waals surface area (Å²) in [6, 6.07) is 11.7. The van der Waals surface area contributed by atoms with Crippen LogP contribution in [-0.4, -0.2) is 37.8 Å². The lowest BCUT2D eigenvalue weighted by atomic mass is 9.95. The molecule has 2 aliphatic rings. The Balaban J connectivity index is 1.31. The van der Waals surface area contributed by atoms with E-state index in [-0.39, 0.29) is 12.3 Å². The number of anilines is 2. The van der Waals surface area contributed by atoms with Gasteiger partial charge in [0.25, 0.3) is 10.0 Å². The third-order valence-corrected chi connectivity index (χ3v) is 9.23. The minimum absolute atomic E-state index is 0.144. The first-order chi connectivity index (χ1) is 14.5. The van der Waals surface area contributed by atoms with Crippen LogP contribution in [0, 0.1) is 0 Å². The zero-order valence-electron chi connectivity index (χ0n) is 17.1. The van der Waals surface area contributed by atoms with Gasteiger partial charge in [-0.1, -0.05) is 19.3 Å². The average Bonchev–Trinajstić information content (AvgIpc) is 3.43. The lowest BCUT2D eigenvalue weighted by Gasteiger charge is -2.23. The molecule has 1 aliphatic heterocycles. The molecule has 2 N–H and O–H groups in total. The monoisotopic (exact) mass is 447 g/mol. The third kappa shape index (κ3) is 5.22. The summed E-state index contributed by atoms with van der Waals surface area (Å²) in [5, 5.41) is 6.47. The van der Waals surface area contributed by atoms with Crippen LogP contribution in [0.1, 0.15) is 49.8 Å². The highest BCUT2D eigenvalue weighted by Crippen LogP contribution is 2.28. The molecular formula is C22H29N3O3S2. The molecule has 4 rings (SSSR count). The Hall–Kier alpha value is -1.90. The topological polar surface area (TPSA) is 78.5 Å². The van der Waals surface area contributed by atoms with Gasteiger partial charge < -0.3 is 10.6 Å². The number of carbonyl (C=O) groups excluding carboxylic acids is 1. The molecule has 0 unspecified atom stereocenters. The Bertz CT molecular complexity index is 958. The van der Waals surface area contributed by atoms with Gasteiger partial charge in [0.2, 0.25) is 5.91 Å². The zero-order chi connectivity index (χ0) is 21.0. The molecule has 1 aromatic carbocycles. The Morgan fingerprint density at radius 2 is 1.60 bits per heavy atom. The summed E-state index contributed by atoms with van der Waals surface area (Å²) in [5.41, 5.74) is 1.82. The van der Waals surface area contributed by atoms with Crippen molar-refractivity contribution < 1.29 is 13.2 Å². The number of benzene rings is 1. The van der Waals surface area contributed by atoms with E-state index in [4.69, 9.17) is 0 Å². The van der Waals surface area contributed by atoms with E-state index in [2.05, 4.69) is 10.6 Å². The van der Waals surface area contributed by atoms with Gasteiger partial charge in [-0.25, -0.2) is 8.42 Å². The third-order valence-electron chi connectivity index (χ3n) is 5.78. The Morgan fingerprint density at radius 1 is 0.933 bits per heavy atom. The summed E-state index contributed by atoms with van der Waals surface area (Å²) in [7, 11) is -3.42. The maximum absolute atomic E-state index is 12.6. The van der Waals surface area contributed by atoms with Crippen molar-refractivity contribution in [2.45, 2.75) is 61.6 Å². The number of amides is 1. The van der Waals surface area contributed by atoms with E-state index in [1.807, 2.05) is 24.3 Å². The summed E-state index contributed by atoms with van der Waals surface area (Å²) in [6.07, 6.45) is 8.33. The van der Waals surface area contributed by atoms with Gasteiger partial charge in [-0.2, -0.15) is 4.31 Å². The molecular weight excluding hydrogens is 418 g/mol. The van der Waals surface area contributed by atoms with Gasteiger partial charge >= 0.3 is 0 Å². The van der Waals surface area contributed by atoms with E-state index >= 15 is 0 Å². The van der Waals surface area contributed by atoms with Crippen LogP contribution < -0.4 is 10.6 Å². The number of hydrogen-bond acceptors (Lipinski definition) is 5. The molecule has 1 aliphatic carbocycles. The lowest BCUT2D eigenvalue weighted by molar-refractivity contribution is -0.115. The Morgan fingerprint density at radius 3 is 2.30 bits per heavy atom. The maximum atomic E-state index is 12.6. The first-order valence-corrected chi connectivity index (χ1v) is 13.0. The van der Waals surface area contributed by atoms with Crippen LogP contribution in [0.5, 0.6) is 0 Å². The van der Waals surface area contributed by atoms with Gasteiger partial charge in [0.1, 0.15) is 4.21 Å². The quantitative estimate of drug-likeness (QED) is 0.657. The van der Waals surface area contributed by atoms with Crippen molar-refractivity contribution in [1.82, 2.24) is 4.31 Å². The normalized spacial score (nSPS) is 18.4. The van der Waals surface area contributed by atoms with E-state index in [1.54, 1.807) is 12.1 Å². The number of thiophene rings is 1. The predicted octanol–water partition coefficient (Wildman–Crippen LogP) is 4.46. The highest BCUT2D eigenvalue weighted by Gasteiger charge is 2.28. The van der Waals surface area contributed by atoms with E-state index < -0.39 is 10.0 Å². The molecule has 1 amide bonds. The standard InChI is InChI=1S/C22H29N3O3S2/c26-21(16-20-12-13-22(29-20)30(27,28)25-14-4-5-15-25)24-19-10-8-18(9-11-19)23-17-6-2-1-3-7-17/h8-13,17,23H,1-7,14-16H2,(H,24,26). The van der Waals surface area contributed by atoms with Crippen molar-refractivity contribution in [2.24, 2.45) is 0 Å². The zero-order valence-corrected chi connectivity index (χ0v) is 18.7. The summed E-state index contributed by atoms with van der Waals surface area (Å²) < 4.78 is 27.1. The average molecular weight is 448 g/mol. The smallest absolute Gasteiger partial charge is 0.252 e. The van der Waals surface area contributed by atoms with Crippen molar-refractivity contribution in [2.75, 3.05) is 23.7 Å². The largest absolute Gasteiger partial charge is 0.382 e. The fourth-order valence-corrected chi connectivity index (χ4v) is 7.17. The first-order valence-electron chi connectivity index (χ1n) is 10.8. The summed E-state index contributed by atoms with van der Waals surface area (Å²) in [6.45, 7) is 1.17. The van der Waals surface area contributed by atoms with E-state index in [0.717, 1.165) is 29.1 Å². The minimum Gasteiger partial charge on any atom is -0.382 e. The number of nitrogens with zero attached hydrogens (tertiary/aromatic N) is 1.